The van der Waals surface area contributed by atoms with Crippen LogP contribution < -0.4 is 5.32 Å². The van der Waals surface area contributed by atoms with Crippen molar-refractivity contribution in [2.24, 2.45) is 5.41 Å². The van der Waals surface area contributed by atoms with E-state index in [0.717, 1.165) is 34.9 Å². The van der Waals surface area contributed by atoms with E-state index in [4.69, 9.17) is 0 Å². The number of piperidine rings is 1. The summed E-state index contributed by atoms with van der Waals surface area (Å²) in [7, 11) is 0. The number of benzene rings is 2. The second-order valence-corrected chi connectivity index (χ2v) is 13.0. The van der Waals surface area contributed by atoms with Gasteiger partial charge in [-0.3, -0.25) is 14.7 Å². The normalized spacial score (nSPS) is 20.5. The van der Waals surface area contributed by atoms with E-state index in [-0.39, 0.29) is 29.3 Å². The third-order valence-corrected chi connectivity index (χ3v) is 8.77. The molecule has 1 aromatic heterocycles. The van der Waals surface area contributed by atoms with Gasteiger partial charge in [0.05, 0.1) is 18.1 Å². The van der Waals surface area contributed by atoms with Crippen LogP contribution in [-0.2, 0) is 35.5 Å². The van der Waals surface area contributed by atoms with Gasteiger partial charge < -0.3 is 20.0 Å². The molecule has 0 saturated carbocycles. The summed E-state index contributed by atoms with van der Waals surface area (Å²) in [6.07, 6.45) is 5.01. The molecule has 3 aromatic rings. The highest BCUT2D eigenvalue weighted by Gasteiger charge is 2.35. The molecule has 0 bridgehead atoms. The minimum atomic E-state index is -0.587. The van der Waals surface area contributed by atoms with Crippen molar-refractivity contribution < 1.29 is 14.4 Å². The number of carbonyl (C=O) groups is 3. The maximum atomic E-state index is 13.9. The Morgan fingerprint density at radius 1 is 1.00 bits per heavy atom. The third kappa shape index (κ3) is 5.67. The molecule has 1 atom stereocenters. The highest BCUT2D eigenvalue weighted by Crippen LogP contribution is 2.29. The molecular formula is C32H40N6O3. The number of nitrogens with zero attached hydrogens (tertiary/aromatic N) is 4. The minimum absolute atomic E-state index is 0.0353. The zero-order chi connectivity index (χ0) is 28.7. The summed E-state index contributed by atoms with van der Waals surface area (Å²) < 4.78 is 0. The Labute approximate surface area is 241 Å². The van der Waals surface area contributed by atoms with Crippen molar-refractivity contribution in [1.29, 1.82) is 0 Å². The van der Waals surface area contributed by atoms with Crippen LogP contribution in [0, 0.1) is 5.41 Å². The Morgan fingerprint density at radius 3 is 2.51 bits per heavy atom. The molecule has 3 aliphatic rings. The van der Waals surface area contributed by atoms with Crippen molar-refractivity contribution in [2.45, 2.75) is 78.0 Å². The average molecular weight is 557 g/mol. The number of H-pyrrole nitrogens is 1. The van der Waals surface area contributed by atoms with Gasteiger partial charge >= 0.3 is 6.03 Å². The van der Waals surface area contributed by atoms with Gasteiger partial charge in [0.1, 0.15) is 6.04 Å². The maximum absolute atomic E-state index is 13.9. The number of hydrogen-bond donors (Lipinski definition) is 2. The molecule has 6 rings (SSSR count). The molecule has 9 nitrogen and oxygen atoms in total. The predicted octanol–water partition coefficient (Wildman–Crippen LogP) is 4.01. The first-order valence-electron chi connectivity index (χ1n) is 14.8. The number of carbonyl (C=O) groups excluding carboxylic acids is 3. The number of rotatable bonds is 3. The monoisotopic (exact) mass is 556 g/mol. The van der Waals surface area contributed by atoms with Crippen LogP contribution in [-0.4, -0.2) is 74.5 Å². The number of aromatic nitrogens is 2. The molecular weight excluding hydrogens is 516 g/mol. The van der Waals surface area contributed by atoms with Gasteiger partial charge in [0.2, 0.25) is 11.8 Å². The Kier molecular flexibility index (Phi) is 7.21. The molecule has 1 fully saturated rings. The number of urea groups is 1. The average Bonchev–Trinajstić information content (AvgIpc) is 3.43. The highest BCUT2D eigenvalue weighted by atomic mass is 16.2. The molecule has 4 heterocycles. The fourth-order valence-corrected chi connectivity index (χ4v) is 6.67. The van der Waals surface area contributed by atoms with E-state index >= 15 is 0 Å². The number of hydrogen-bond acceptors (Lipinski definition) is 4. The van der Waals surface area contributed by atoms with Gasteiger partial charge in [-0.05, 0) is 59.4 Å². The molecule has 41 heavy (non-hydrogen) atoms. The van der Waals surface area contributed by atoms with Crippen molar-refractivity contribution in [2.75, 3.05) is 19.6 Å². The first-order valence-corrected chi connectivity index (χ1v) is 14.8. The summed E-state index contributed by atoms with van der Waals surface area (Å²) in [4.78, 5) is 45.9. The van der Waals surface area contributed by atoms with Crippen molar-refractivity contribution >= 4 is 28.7 Å². The summed E-state index contributed by atoms with van der Waals surface area (Å²) in [5.41, 5.74) is 5.53. The molecule has 0 spiro atoms. The lowest BCUT2D eigenvalue weighted by atomic mass is 9.91. The summed E-state index contributed by atoms with van der Waals surface area (Å²) >= 11 is 0. The van der Waals surface area contributed by atoms with Crippen molar-refractivity contribution in [3.63, 3.8) is 0 Å². The smallest absolute Gasteiger partial charge is 0.318 e. The van der Waals surface area contributed by atoms with Gasteiger partial charge in [0, 0.05) is 44.2 Å². The van der Waals surface area contributed by atoms with E-state index in [2.05, 4.69) is 48.4 Å². The van der Waals surface area contributed by atoms with Gasteiger partial charge in [0.25, 0.3) is 0 Å². The Morgan fingerprint density at radius 2 is 1.76 bits per heavy atom. The second-order valence-electron chi connectivity index (χ2n) is 13.0. The van der Waals surface area contributed by atoms with Crippen LogP contribution in [0.5, 0.6) is 0 Å². The third-order valence-electron chi connectivity index (χ3n) is 8.77. The van der Waals surface area contributed by atoms with E-state index in [1.54, 1.807) is 0 Å². The number of likely N-dealkylation sites (tertiary alicyclic amines) is 1. The molecule has 9 heteroatoms. The Balaban J connectivity index is 1.13. The van der Waals surface area contributed by atoms with Crippen LogP contribution in [0.2, 0.25) is 0 Å². The lowest BCUT2D eigenvalue weighted by Gasteiger charge is -2.41. The minimum Gasteiger partial charge on any atom is -0.336 e. The number of nitrogens with one attached hydrogen (secondary N) is 2. The number of aryl methyl sites for hydroxylation is 1. The van der Waals surface area contributed by atoms with Gasteiger partial charge in [-0.15, -0.1) is 0 Å². The fraction of sp³-hybridized carbons (Fsp3) is 0.500. The van der Waals surface area contributed by atoms with Crippen molar-refractivity contribution in [3.05, 3.63) is 64.8 Å². The van der Waals surface area contributed by atoms with Crippen LogP contribution in [0.3, 0.4) is 0 Å². The number of fused-ring (bicyclic) bond motifs is 4. The molecule has 2 N–H and O–H groups in total. The van der Waals surface area contributed by atoms with Crippen LogP contribution in [0.4, 0.5) is 4.79 Å². The summed E-state index contributed by atoms with van der Waals surface area (Å²) in [6.45, 7) is 9.23. The lowest BCUT2D eigenvalue weighted by molar-refractivity contribution is -0.136. The molecule has 2 aromatic carbocycles. The zero-order valence-electron chi connectivity index (χ0n) is 24.3. The van der Waals surface area contributed by atoms with Gasteiger partial charge in [0.15, 0.2) is 0 Å². The zero-order valence-corrected chi connectivity index (χ0v) is 24.3. The topological polar surface area (TPSA) is 102 Å². The van der Waals surface area contributed by atoms with Gasteiger partial charge in [-0.1, -0.05) is 51.1 Å². The Hall–Kier alpha value is -3.88. The molecule has 4 amide bonds. The lowest BCUT2D eigenvalue weighted by Crippen LogP contribution is -2.56. The van der Waals surface area contributed by atoms with Crippen LogP contribution >= 0.6 is 0 Å². The van der Waals surface area contributed by atoms with Crippen molar-refractivity contribution in [3.8, 4) is 0 Å². The summed E-state index contributed by atoms with van der Waals surface area (Å²) in [5, 5.41) is 11.4. The van der Waals surface area contributed by atoms with Crippen LogP contribution in [0.1, 0.15) is 62.3 Å². The van der Waals surface area contributed by atoms with Crippen LogP contribution in [0.25, 0.3) is 10.9 Å². The fourth-order valence-electron chi connectivity index (χ4n) is 6.67. The van der Waals surface area contributed by atoms with E-state index in [0.29, 0.717) is 52.0 Å². The summed E-state index contributed by atoms with van der Waals surface area (Å²) in [6, 6.07) is 11.6. The van der Waals surface area contributed by atoms with E-state index in [9.17, 15) is 14.4 Å². The summed E-state index contributed by atoms with van der Waals surface area (Å²) in [5.74, 6) is 0.130. The quantitative estimate of drug-likeness (QED) is 0.509. The van der Waals surface area contributed by atoms with Crippen molar-refractivity contribution in [1.82, 2.24) is 30.2 Å². The van der Waals surface area contributed by atoms with E-state index < -0.39 is 6.04 Å². The highest BCUT2D eigenvalue weighted by molar-refractivity contribution is 5.89. The maximum Gasteiger partial charge on any atom is 0.318 e. The van der Waals surface area contributed by atoms with E-state index in [1.165, 1.54) is 11.1 Å². The molecule has 3 aliphatic heterocycles. The first kappa shape index (κ1) is 27.3. The number of amides is 4. The number of aromatic amines is 1. The van der Waals surface area contributed by atoms with E-state index in [1.807, 2.05) is 45.2 Å². The predicted molar refractivity (Wildman–Crippen MR) is 157 cm³/mol. The van der Waals surface area contributed by atoms with Crippen LogP contribution in [0.15, 0.2) is 42.6 Å². The standard InChI is InChI=1S/C32H40N6O3/c1-32(2,3)20-37-19-26-21(8-10-27-25(26)17-33-35-27)9-11-28(30(37)40)34-31(41)36-14-12-24(13-15-36)38-18-23-7-5-4-6-22(23)16-29(38)39/h4-8,10,17,24,28H,9,11-16,18-20H2,1-3H3,(H,33,35)(H,34,41)/t28-/m1/s1. The molecule has 0 radical (unpaired) electrons. The molecule has 0 aliphatic carbocycles. The first-order chi connectivity index (χ1) is 19.7. The molecule has 216 valence electrons. The SMILES string of the molecule is CC(C)(C)CN1Cc2c(ccc3[nH]ncc23)CC[C@@H](NC(=O)N2CCC(N3Cc4ccccc4CC3=O)CC2)C1=O. The Bertz CT molecular complexity index is 1470. The largest absolute Gasteiger partial charge is 0.336 e. The van der Waals surface area contributed by atoms with Gasteiger partial charge in [-0.25, -0.2) is 4.79 Å². The second kappa shape index (κ2) is 10.8. The molecule has 0 unspecified atom stereocenters. The molecule has 1 saturated heterocycles. The van der Waals surface area contributed by atoms with Gasteiger partial charge in [-0.2, -0.15) is 5.10 Å².